The van der Waals surface area contributed by atoms with Crippen molar-refractivity contribution in [1.29, 1.82) is 0 Å². The van der Waals surface area contributed by atoms with E-state index in [1.54, 1.807) is 6.20 Å². The Morgan fingerprint density at radius 3 is 2.87 bits per heavy atom. The van der Waals surface area contributed by atoms with Crippen molar-refractivity contribution < 1.29 is 0 Å². The molecule has 0 unspecified atom stereocenters. The second-order valence-electron chi connectivity index (χ2n) is 4.07. The van der Waals surface area contributed by atoms with E-state index in [0.717, 1.165) is 18.1 Å². The third-order valence-corrected chi connectivity index (χ3v) is 2.15. The van der Waals surface area contributed by atoms with Gasteiger partial charge in [-0.15, -0.1) is 0 Å². The van der Waals surface area contributed by atoms with Crippen molar-refractivity contribution in [2.75, 3.05) is 0 Å². The second kappa shape index (κ2) is 3.84. The van der Waals surface area contributed by atoms with E-state index in [0.29, 0.717) is 11.7 Å². The van der Waals surface area contributed by atoms with Gasteiger partial charge in [0.2, 0.25) is 5.82 Å². The summed E-state index contributed by atoms with van der Waals surface area (Å²) in [6.45, 7) is 4.31. The molecular formula is C10H15N5. The van der Waals surface area contributed by atoms with Gasteiger partial charge in [-0.3, -0.25) is 5.10 Å². The van der Waals surface area contributed by atoms with Crippen LogP contribution in [0.15, 0.2) is 12.4 Å². The molecule has 0 aliphatic heterocycles. The van der Waals surface area contributed by atoms with E-state index in [2.05, 4.69) is 34.0 Å². The molecule has 2 heterocycles. The third kappa shape index (κ3) is 2.06. The minimum Gasteiger partial charge on any atom is -0.331 e. The predicted octanol–water partition coefficient (Wildman–Crippen LogP) is 1.40. The summed E-state index contributed by atoms with van der Waals surface area (Å²) >= 11 is 0. The summed E-state index contributed by atoms with van der Waals surface area (Å²) < 4.78 is 1.91. The molecule has 0 atom stereocenters. The molecule has 0 radical (unpaired) electrons. The zero-order valence-corrected chi connectivity index (χ0v) is 9.23. The molecule has 0 aromatic carbocycles. The molecule has 80 valence electrons. The van der Waals surface area contributed by atoms with Gasteiger partial charge in [0.1, 0.15) is 5.82 Å². The molecule has 2 rings (SSSR count). The number of aromatic amines is 1. The molecule has 0 amide bonds. The Balaban J connectivity index is 2.24. The molecule has 15 heavy (non-hydrogen) atoms. The molecule has 0 saturated carbocycles. The molecule has 0 saturated heterocycles. The first-order valence-electron chi connectivity index (χ1n) is 5.06. The fourth-order valence-electron chi connectivity index (χ4n) is 1.45. The molecule has 0 fully saturated rings. The second-order valence-corrected chi connectivity index (χ2v) is 4.07. The lowest BCUT2D eigenvalue weighted by atomic mass is 10.1. The molecule has 0 spiro atoms. The van der Waals surface area contributed by atoms with Crippen molar-refractivity contribution in [2.24, 2.45) is 13.0 Å². The van der Waals surface area contributed by atoms with Crippen LogP contribution in [-0.4, -0.2) is 24.7 Å². The van der Waals surface area contributed by atoms with E-state index >= 15 is 0 Å². The SMILES string of the molecule is CC(C)Cc1nc(-c2nccn2C)n[nH]1. The number of nitrogens with one attached hydrogen (secondary N) is 1. The van der Waals surface area contributed by atoms with E-state index < -0.39 is 0 Å². The molecule has 2 aromatic rings. The Kier molecular flexibility index (Phi) is 2.53. The van der Waals surface area contributed by atoms with Crippen molar-refractivity contribution in [3.8, 4) is 11.6 Å². The first-order valence-corrected chi connectivity index (χ1v) is 5.06. The summed E-state index contributed by atoms with van der Waals surface area (Å²) in [4.78, 5) is 8.60. The van der Waals surface area contributed by atoms with Crippen molar-refractivity contribution in [3.63, 3.8) is 0 Å². The van der Waals surface area contributed by atoms with Crippen LogP contribution in [0.3, 0.4) is 0 Å². The fourth-order valence-corrected chi connectivity index (χ4v) is 1.45. The number of aromatic nitrogens is 5. The quantitative estimate of drug-likeness (QED) is 0.824. The van der Waals surface area contributed by atoms with Gasteiger partial charge in [0, 0.05) is 25.9 Å². The molecule has 1 N–H and O–H groups in total. The van der Waals surface area contributed by atoms with Gasteiger partial charge < -0.3 is 4.57 Å². The summed E-state index contributed by atoms with van der Waals surface area (Å²) in [5, 5.41) is 7.09. The maximum Gasteiger partial charge on any atom is 0.217 e. The molecule has 5 heteroatoms. The van der Waals surface area contributed by atoms with Crippen LogP contribution in [0, 0.1) is 5.92 Å². The maximum atomic E-state index is 4.40. The van der Waals surface area contributed by atoms with Crippen LogP contribution in [-0.2, 0) is 13.5 Å². The lowest BCUT2D eigenvalue weighted by molar-refractivity contribution is 0.622. The van der Waals surface area contributed by atoms with E-state index in [4.69, 9.17) is 0 Å². The van der Waals surface area contributed by atoms with Crippen molar-refractivity contribution in [2.45, 2.75) is 20.3 Å². The summed E-state index contributed by atoms with van der Waals surface area (Å²) in [6, 6.07) is 0. The van der Waals surface area contributed by atoms with E-state index in [-0.39, 0.29) is 0 Å². The number of hydrogen-bond acceptors (Lipinski definition) is 3. The van der Waals surface area contributed by atoms with E-state index in [1.807, 2.05) is 17.8 Å². The molecule has 5 nitrogen and oxygen atoms in total. The highest BCUT2D eigenvalue weighted by Crippen LogP contribution is 2.11. The topological polar surface area (TPSA) is 59.4 Å². The zero-order chi connectivity index (χ0) is 10.8. The highest BCUT2D eigenvalue weighted by Gasteiger charge is 2.10. The van der Waals surface area contributed by atoms with Crippen molar-refractivity contribution in [1.82, 2.24) is 24.7 Å². The molecule has 2 aromatic heterocycles. The maximum absolute atomic E-state index is 4.40. The van der Waals surface area contributed by atoms with Gasteiger partial charge in [0.05, 0.1) is 0 Å². The highest BCUT2D eigenvalue weighted by atomic mass is 15.2. The third-order valence-electron chi connectivity index (χ3n) is 2.15. The summed E-state index contributed by atoms with van der Waals surface area (Å²) in [6.07, 6.45) is 4.54. The van der Waals surface area contributed by atoms with E-state index in [9.17, 15) is 0 Å². The number of aryl methyl sites for hydroxylation is 1. The number of nitrogens with zero attached hydrogens (tertiary/aromatic N) is 4. The van der Waals surface area contributed by atoms with Crippen LogP contribution in [0.1, 0.15) is 19.7 Å². The van der Waals surface area contributed by atoms with Crippen LogP contribution < -0.4 is 0 Å². The Morgan fingerprint density at radius 2 is 2.27 bits per heavy atom. The Hall–Kier alpha value is -1.65. The zero-order valence-electron chi connectivity index (χ0n) is 9.23. The minimum absolute atomic E-state index is 0.576. The molecule has 0 aliphatic rings. The monoisotopic (exact) mass is 205 g/mol. The first kappa shape index (κ1) is 9.89. The average molecular weight is 205 g/mol. The van der Waals surface area contributed by atoms with Crippen LogP contribution >= 0.6 is 0 Å². The minimum atomic E-state index is 0.576. The van der Waals surface area contributed by atoms with Gasteiger partial charge >= 0.3 is 0 Å². The van der Waals surface area contributed by atoms with Gasteiger partial charge in [0.15, 0.2) is 5.82 Å². The Morgan fingerprint density at radius 1 is 1.47 bits per heavy atom. The first-order chi connectivity index (χ1) is 7.16. The Bertz CT molecular complexity index is 440. The van der Waals surface area contributed by atoms with Crippen LogP contribution in [0.4, 0.5) is 0 Å². The molecule has 0 bridgehead atoms. The van der Waals surface area contributed by atoms with Gasteiger partial charge in [0.25, 0.3) is 0 Å². The summed E-state index contributed by atoms with van der Waals surface area (Å²) in [5.74, 6) is 2.95. The van der Waals surface area contributed by atoms with Crippen LogP contribution in [0.2, 0.25) is 0 Å². The summed E-state index contributed by atoms with van der Waals surface area (Å²) in [7, 11) is 1.93. The number of rotatable bonds is 3. The number of hydrogen-bond donors (Lipinski definition) is 1. The van der Waals surface area contributed by atoms with Gasteiger partial charge in [-0.1, -0.05) is 13.8 Å². The molecule has 0 aliphatic carbocycles. The number of H-pyrrole nitrogens is 1. The highest BCUT2D eigenvalue weighted by molar-refractivity contribution is 5.42. The van der Waals surface area contributed by atoms with Gasteiger partial charge in [-0.2, -0.15) is 5.10 Å². The Labute approximate surface area is 88.6 Å². The smallest absolute Gasteiger partial charge is 0.217 e. The lowest BCUT2D eigenvalue weighted by Gasteiger charge is -1.98. The average Bonchev–Trinajstić information content (AvgIpc) is 2.72. The van der Waals surface area contributed by atoms with Crippen molar-refractivity contribution in [3.05, 3.63) is 18.2 Å². The number of imidazole rings is 1. The normalized spacial score (nSPS) is 11.2. The van der Waals surface area contributed by atoms with Gasteiger partial charge in [-0.25, -0.2) is 9.97 Å². The van der Waals surface area contributed by atoms with Crippen molar-refractivity contribution >= 4 is 0 Å². The standard InChI is InChI=1S/C10H15N5/c1-7(2)6-8-12-9(14-13-8)10-11-4-5-15(10)3/h4-5,7H,6H2,1-3H3,(H,12,13,14). The fraction of sp³-hybridized carbons (Fsp3) is 0.500. The lowest BCUT2D eigenvalue weighted by Crippen LogP contribution is -1.96. The summed E-state index contributed by atoms with van der Waals surface area (Å²) in [5.41, 5.74) is 0. The van der Waals surface area contributed by atoms with Crippen LogP contribution in [0.5, 0.6) is 0 Å². The van der Waals surface area contributed by atoms with Gasteiger partial charge in [-0.05, 0) is 5.92 Å². The van der Waals surface area contributed by atoms with Crippen LogP contribution in [0.25, 0.3) is 11.6 Å². The largest absolute Gasteiger partial charge is 0.331 e. The predicted molar refractivity (Wildman–Crippen MR) is 57.1 cm³/mol. The van der Waals surface area contributed by atoms with E-state index in [1.165, 1.54) is 0 Å². The molecular weight excluding hydrogens is 190 g/mol.